The van der Waals surface area contributed by atoms with E-state index in [1.54, 1.807) is 44.2 Å². The van der Waals surface area contributed by atoms with Crippen LogP contribution in [-0.2, 0) is 22.3 Å². The minimum absolute atomic E-state index is 0.0868. The summed E-state index contributed by atoms with van der Waals surface area (Å²) in [6.07, 6.45) is 0. The Morgan fingerprint density at radius 1 is 0.824 bits per heavy atom. The van der Waals surface area contributed by atoms with Crippen LogP contribution in [0.25, 0.3) is 0 Å². The van der Waals surface area contributed by atoms with Crippen LogP contribution in [0, 0.1) is 0 Å². The molecule has 0 aliphatic carbocycles. The molecule has 34 heavy (non-hydrogen) atoms. The number of amides is 1. The summed E-state index contributed by atoms with van der Waals surface area (Å²) >= 11 is 0. The Morgan fingerprint density at radius 3 is 2.15 bits per heavy atom. The van der Waals surface area contributed by atoms with Crippen molar-refractivity contribution < 1.29 is 22.7 Å². The van der Waals surface area contributed by atoms with Crippen molar-refractivity contribution in [2.45, 2.75) is 32.2 Å². The molecule has 1 amide bonds. The van der Waals surface area contributed by atoms with Crippen LogP contribution in [0.2, 0.25) is 0 Å². The normalized spacial score (nSPS) is 11.3. The fraction of sp³-hybridized carbons (Fsp3) is 0.269. The Balaban J connectivity index is 1.51. The molecule has 3 aromatic rings. The lowest BCUT2D eigenvalue weighted by atomic mass is 10.1. The molecule has 0 heterocycles. The van der Waals surface area contributed by atoms with E-state index in [1.165, 1.54) is 0 Å². The maximum absolute atomic E-state index is 12.7. The average molecular weight is 483 g/mol. The van der Waals surface area contributed by atoms with E-state index < -0.39 is 10.0 Å². The smallest absolute Gasteiger partial charge is 0.255 e. The first-order chi connectivity index (χ1) is 16.3. The number of carbonyl (C=O) groups excluding carboxylic acids is 1. The number of nitrogens with one attached hydrogen (secondary N) is 2. The number of hydrogen-bond acceptors (Lipinski definition) is 5. The minimum atomic E-state index is -3.38. The molecule has 0 spiro atoms. The van der Waals surface area contributed by atoms with Gasteiger partial charge in [-0.05, 0) is 49.2 Å². The highest BCUT2D eigenvalue weighted by atomic mass is 32.2. The lowest BCUT2D eigenvalue weighted by Crippen LogP contribution is -2.31. The zero-order valence-electron chi connectivity index (χ0n) is 19.4. The highest BCUT2D eigenvalue weighted by Gasteiger charge is 2.14. The van der Waals surface area contributed by atoms with Crippen molar-refractivity contribution in [3.05, 3.63) is 95.6 Å². The average Bonchev–Trinajstić information content (AvgIpc) is 2.81. The van der Waals surface area contributed by atoms with E-state index in [2.05, 4.69) is 10.0 Å². The molecule has 0 fully saturated rings. The van der Waals surface area contributed by atoms with E-state index in [4.69, 9.17) is 9.47 Å². The Labute approximate surface area is 201 Å². The van der Waals surface area contributed by atoms with E-state index >= 15 is 0 Å². The molecule has 8 heteroatoms. The topological polar surface area (TPSA) is 93.7 Å². The molecular weight excluding hydrogens is 452 g/mol. The molecule has 0 bridgehead atoms. The second-order valence-corrected chi connectivity index (χ2v) is 9.79. The van der Waals surface area contributed by atoms with Crippen LogP contribution in [0.3, 0.4) is 0 Å². The summed E-state index contributed by atoms with van der Waals surface area (Å²) in [6, 6.07) is 23.5. The van der Waals surface area contributed by atoms with Gasteiger partial charge in [-0.2, -0.15) is 0 Å². The molecule has 0 aromatic heterocycles. The standard InChI is InChI=1S/C26H30N2O5S/c1-20(2)28-34(30,31)19-22-14-12-21(13-15-22)18-27-26(29)24-10-6-7-11-25(24)33-17-16-32-23-8-4-3-5-9-23/h3-15,20,28H,16-19H2,1-2H3,(H,27,29). The Bertz CT molecular complexity index is 1160. The summed E-state index contributed by atoms with van der Waals surface area (Å²) in [5.41, 5.74) is 1.98. The lowest BCUT2D eigenvalue weighted by molar-refractivity contribution is 0.0945. The largest absolute Gasteiger partial charge is 0.490 e. The molecule has 7 nitrogen and oxygen atoms in total. The van der Waals surface area contributed by atoms with Gasteiger partial charge in [0.15, 0.2) is 0 Å². The molecule has 0 aliphatic heterocycles. The predicted octanol–water partition coefficient (Wildman–Crippen LogP) is 3.90. The van der Waals surface area contributed by atoms with E-state index in [1.807, 2.05) is 48.5 Å². The number of sulfonamides is 1. The van der Waals surface area contributed by atoms with Crippen LogP contribution < -0.4 is 19.5 Å². The SMILES string of the molecule is CC(C)NS(=O)(=O)Cc1ccc(CNC(=O)c2ccccc2OCCOc2ccccc2)cc1. The zero-order chi connectivity index (χ0) is 24.4. The van der Waals surface area contributed by atoms with Crippen molar-refractivity contribution in [1.29, 1.82) is 0 Å². The van der Waals surface area contributed by atoms with Crippen LogP contribution in [-0.4, -0.2) is 33.6 Å². The van der Waals surface area contributed by atoms with Crippen LogP contribution in [0.15, 0.2) is 78.9 Å². The maximum Gasteiger partial charge on any atom is 0.255 e. The maximum atomic E-state index is 12.7. The van der Waals surface area contributed by atoms with E-state index in [9.17, 15) is 13.2 Å². The first-order valence-corrected chi connectivity index (χ1v) is 12.7. The van der Waals surface area contributed by atoms with E-state index in [0.717, 1.165) is 11.3 Å². The fourth-order valence-electron chi connectivity index (χ4n) is 3.26. The number of benzene rings is 3. The molecule has 0 saturated carbocycles. The second kappa shape index (κ2) is 12.2. The number of carbonyl (C=O) groups is 1. The minimum Gasteiger partial charge on any atom is -0.490 e. The van der Waals surface area contributed by atoms with E-state index in [-0.39, 0.29) is 17.7 Å². The monoisotopic (exact) mass is 482 g/mol. The van der Waals surface area contributed by atoms with Crippen LogP contribution in [0.1, 0.15) is 35.3 Å². The zero-order valence-corrected chi connectivity index (χ0v) is 20.2. The summed E-state index contributed by atoms with van der Waals surface area (Å²) in [5, 5.41) is 2.88. The predicted molar refractivity (Wildman–Crippen MR) is 132 cm³/mol. The molecule has 0 saturated heterocycles. The van der Waals surface area contributed by atoms with Crippen molar-refractivity contribution in [3.63, 3.8) is 0 Å². The van der Waals surface area contributed by atoms with Gasteiger partial charge in [0.2, 0.25) is 10.0 Å². The Morgan fingerprint density at radius 2 is 1.44 bits per heavy atom. The van der Waals surface area contributed by atoms with Gasteiger partial charge in [-0.3, -0.25) is 4.79 Å². The first-order valence-electron chi connectivity index (χ1n) is 11.1. The molecule has 2 N–H and O–H groups in total. The van der Waals surface area contributed by atoms with Crippen LogP contribution in [0.5, 0.6) is 11.5 Å². The van der Waals surface area contributed by atoms with Gasteiger partial charge in [0.05, 0.1) is 11.3 Å². The second-order valence-electron chi connectivity index (χ2n) is 8.04. The van der Waals surface area contributed by atoms with Gasteiger partial charge in [-0.25, -0.2) is 13.1 Å². The number of para-hydroxylation sites is 2. The van der Waals surface area contributed by atoms with Crippen molar-refractivity contribution in [2.24, 2.45) is 0 Å². The molecule has 180 valence electrons. The number of hydrogen-bond donors (Lipinski definition) is 2. The van der Waals surface area contributed by atoms with Gasteiger partial charge < -0.3 is 14.8 Å². The Kier molecular flexibility index (Phi) is 9.07. The highest BCUT2D eigenvalue weighted by Crippen LogP contribution is 2.18. The van der Waals surface area contributed by atoms with Gasteiger partial charge in [0.25, 0.3) is 5.91 Å². The van der Waals surface area contributed by atoms with Gasteiger partial charge in [-0.15, -0.1) is 0 Å². The lowest BCUT2D eigenvalue weighted by Gasteiger charge is -2.13. The molecule has 0 radical (unpaired) electrons. The van der Waals surface area contributed by atoms with Crippen molar-refractivity contribution in [1.82, 2.24) is 10.0 Å². The van der Waals surface area contributed by atoms with Gasteiger partial charge in [0, 0.05) is 12.6 Å². The highest BCUT2D eigenvalue weighted by molar-refractivity contribution is 7.88. The summed E-state index contributed by atoms with van der Waals surface area (Å²) in [7, 11) is -3.38. The summed E-state index contributed by atoms with van der Waals surface area (Å²) in [4.78, 5) is 12.7. The third-order valence-electron chi connectivity index (χ3n) is 4.73. The first kappa shape index (κ1) is 25.3. The van der Waals surface area contributed by atoms with Crippen LogP contribution >= 0.6 is 0 Å². The third-order valence-corrected chi connectivity index (χ3v) is 6.28. The molecule has 3 rings (SSSR count). The fourth-order valence-corrected chi connectivity index (χ4v) is 4.69. The molecular formula is C26H30N2O5S. The number of rotatable bonds is 12. The van der Waals surface area contributed by atoms with E-state index in [0.29, 0.717) is 36.6 Å². The van der Waals surface area contributed by atoms with Crippen molar-refractivity contribution in [3.8, 4) is 11.5 Å². The Hall–Kier alpha value is -3.36. The van der Waals surface area contributed by atoms with Crippen molar-refractivity contribution >= 4 is 15.9 Å². The van der Waals surface area contributed by atoms with Gasteiger partial charge >= 0.3 is 0 Å². The molecule has 3 aromatic carbocycles. The third kappa shape index (κ3) is 8.20. The summed E-state index contributed by atoms with van der Waals surface area (Å²) in [6.45, 7) is 4.53. The summed E-state index contributed by atoms with van der Waals surface area (Å²) < 4.78 is 38.1. The van der Waals surface area contributed by atoms with Crippen molar-refractivity contribution in [2.75, 3.05) is 13.2 Å². The number of ether oxygens (including phenoxy) is 2. The van der Waals surface area contributed by atoms with Crippen LogP contribution in [0.4, 0.5) is 0 Å². The molecule has 0 unspecified atom stereocenters. The summed E-state index contributed by atoms with van der Waals surface area (Å²) in [5.74, 6) is 0.899. The quantitative estimate of drug-likeness (QED) is 0.382. The van der Waals surface area contributed by atoms with Gasteiger partial charge in [-0.1, -0.05) is 54.6 Å². The molecule has 0 atom stereocenters. The van der Waals surface area contributed by atoms with Gasteiger partial charge in [0.1, 0.15) is 24.7 Å². The molecule has 0 aliphatic rings.